The largest absolute Gasteiger partial charge is 0.493 e. The molecule has 2 aromatic carbocycles. The summed E-state index contributed by atoms with van der Waals surface area (Å²) in [5.41, 5.74) is 2.27. The summed E-state index contributed by atoms with van der Waals surface area (Å²) < 4.78 is 13.2. The molecule has 0 saturated heterocycles. The van der Waals surface area contributed by atoms with Gasteiger partial charge in [0.1, 0.15) is 0 Å². The molecule has 0 amide bonds. The lowest BCUT2D eigenvalue weighted by Crippen LogP contribution is -2.04. The summed E-state index contributed by atoms with van der Waals surface area (Å²) in [7, 11) is 1.64. The average molecular weight is 382 g/mol. The number of benzene rings is 2. The van der Waals surface area contributed by atoms with Crippen LogP contribution in [0.15, 0.2) is 66.3 Å². The molecular formula is C21H23N3O2S. The predicted octanol–water partition coefficient (Wildman–Crippen LogP) is 4.62. The molecular weight excluding hydrogens is 358 g/mol. The van der Waals surface area contributed by atoms with Crippen molar-refractivity contribution in [3.05, 3.63) is 66.7 Å². The number of aromatic nitrogens is 3. The highest BCUT2D eigenvalue weighted by molar-refractivity contribution is 7.99. The molecule has 0 spiro atoms. The number of aryl methyl sites for hydroxylation is 1. The van der Waals surface area contributed by atoms with E-state index in [0.717, 1.165) is 33.8 Å². The van der Waals surface area contributed by atoms with Crippen molar-refractivity contribution in [2.45, 2.75) is 18.6 Å². The maximum absolute atomic E-state index is 5.83. The van der Waals surface area contributed by atoms with Gasteiger partial charge in [-0.15, -0.1) is 16.8 Å². The fraction of sp³-hybridized carbons (Fsp3) is 0.238. The van der Waals surface area contributed by atoms with Gasteiger partial charge in [0, 0.05) is 17.9 Å². The number of rotatable bonds is 9. The van der Waals surface area contributed by atoms with E-state index in [2.05, 4.69) is 52.5 Å². The van der Waals surface area contributed by atoms with E-state index in [1.54, 1.807) is 18.9 Å². The first-order chi connectivity index (χ1) is 13.2. The van der Waals surface area contributed by atoms with Crippen LogP contribution >= 0.6 is 11.8 Å². The highest BCUT2D eigenvalue weighted by atomic mass is 32.2. The van der Waals surface area contributed by atoms with Gasteiger partial charge in [-0.3, -0.25) is 4.57 Å². The molecule has 1 heterocycles. The number of hydrogen-bond acceptors (Lipinski definition) is 5. The van der Waals surface area contributed by atoms with Crippen LogP contribution in [0.25, 0.3) is 11.4 Å². The first-order valence-electron chi connectivity index (χ1n) is 8.72. The Bertz CT molecular complexity index is 891. The fourth-order valence-corrected chi connectivity index (χ4v) is 3.39. The normalized spacial score (nSPS) is 10.6. The molecule has 27 heavy (non-hydrogen) atoms. The van der Waals surface area contributed by atoms with Crippen molar-refractivity contribution in [3.63, 3.8) is 0 Å². The molecule has 0 aliphatic rings. The summed E-state index contributed by atoms with van der Waals surface area (Å²) in [5.74, 6) is 3.08. The lowest BCUT2D eigenvalue weighted by atomic mass is 10.1. The second-order valence-corrected chi connectivity index (χ2v) is 6.98. The Morgan fingerprint density at radius 2 is 1.81 bits per heavy atom. The van der Waals surface area contributed by atoms with Crippen molar-refractivity contribution < 1.29 is 9.47 Å². The quantitative estimate of drug-likeness (QED) is 0.307. The van der Waals surface area contributed by atoms with E-state index in [4.69, 9.17) is 9.47 Å². The highest BCUT2D eigenvalue weighted by Crippen LogP contribution is 2.27. The van der Waals surface area contributed by atoms with Crippen LogP contribution in [0.5, 0.6) is 11.5 Å². The molecule has 0 fully saturated rings. The summed E-state index contributed by atoms with van der Waals surface area (Å²) in [5, 5.41) is 9.60. The molecule has 6 heteroatoms. The Morgan fingerprint density at radius 1 is 1.07 bits per heavy atom. The Balaban J connectivity index is 1.66. The first-order valence-corrected chi connectivity index (χ1v) is 9.71. The number of ether oxygens (including phenoxy) is 2. The molecule has 0 saturated carbocycles. The van der Waals surface area contributed by atoms with Gasteiger partial charge in [0.25, 0.3) is 0 Å². The van der Waals surface area contributed by atoms with Gasteiger partial charge in [-0.25, -0.2) is 0 Å². The molecule has 3 rings (SSSR count). The Morgan fingerprint density at radius 3 is 2.52 bits per heavy atom. The Labute approximate surface area is 164 Å². The van der Waals surface area contributed by atoms with Crippen molar-refractivity contribution >= 4 is 11.8 Å². The third-order valence-corrected chi connectivity index (χ3v) is 4.91. The Hall–Kier alpha value is -2.73. The van der Waals surface area contributed by atoms with Gasteiger partial charge in [0.2, 0.25) is 0 Å². The van der Waals surface area contributed by atoms with Crippen LogP contribution in [-0.4, -0.2) is 34.2 Å². The fourth-order valence-electron chi connectivity index (χ4n) is 2.63. The van der Waals surface area contributed by atoms with Crippen molar-refractivity contribution in [2.24, 2.45) is 0 Å². The summed E-state index contributed by atoms with van der Waals surface area (Å²) in [6.45, 7) is 7.13. The zero-order valence-electron chi connectivity index (χ0n) is 15.6. The molecule has 3 aromatic rings. The van der Waals surface area contributed by atoms with Crippen molar-refractivity contribution in [2.75, 3.05) is 19.5 Å². The van der Waals surface area contributed by atoms with E-state index >= 15 is 0 Å². The number of thioether (sulfide) groups is 1. The van der Waals surface area contributed by atoms with Crippen molar-refractivity contribution in [1.29, 1.82) is 0 Å². The number of allylic oxidation sites excluding steroid dienone is 1. The minimum Gasteiger partial charge on any atom is -0.493 e. The minimum absolute atomic E-state index is 0.547. The van der Waals surface area contributed by atoms with Gasteiger partial charge >= 0.3 is 0 Å². The molecule has 140 valence electrons. The Kier molecular flexibility index (Phi) is 6.54. The number of methoxy groups -OCH3 is 1. The lowest BCUT2D eigenvalue weighted by Gasteiger charge is -2.10. The monoisotopic (exact) mass is 381 g/mol. The predicted molar refractivity (Wildman–Crippen MR) is 110 cm³/mol. The number of nitrogens with zero attached hydrogens (tertiary/aromatic N) is 3. The van der Waals surface area contributed by atoms with Gasteiger partial charge in [-0.1, -0.05) is 59.8 Å². The second kappa shape index (κ2) is 9.28. The SMILES string of the molecule is C=CCn1c(SCCOc2ccccc2OC)nnc1-c1ccc(C)cc1. The van der Waals surface area contributed by atoms with Gasteiger partial charge < -0.3 is 9.47 Å². The van der Waals surface area contributed by atoms with Crippen LogP contribution in [0.2, 0.25) is 0 Å². The molecule has 0 unspecified atom stereocenters. The highest BCUT2D eigenvalue weighted by Gasteiger charge is 2.13. The summed E-state index contributed by atoms with van der Waals surface area (Å²) in [6.07, 6.45) is 1.86. The maximum Gasteiger partial charge on any atom is 0.191 e. The second-order valence-electron chi connectivity index (χ2n) is 5.92. The van der Waals surface area contributed by atoms with Crippen LogP contribution in [-0.2, 0) is 6.54 Å². The van der Waals surface area contributed by atoms with Crippen LogP contribution in [0.3, 0.4) is 0 Å². The maximum atomic E-state index is 5.83. The van der Waals surface area contributed by atoms with E-state index in [9.17, 15) is 0 Å². The average Bonchev–Trinajstić information content (AvgIpc) is 3.09. The molecule has 0 aliphatic carbocycles. The molecule has 0 atom stereocenters. The standard InChI is InChI=1S/C21H23N3O2S/c1-4-13-24-20(17-11-9-16(2)10-12-17)22-23-21(24)27-15-14-26-19-8-6-5-7-18(19)25-3/h4-12H,1,13-15H2,2-3H3. The van der Waals surface area contributed by atoms with E-state index < -0.39 is 0 Å². The van der Waals surface area contributed by atoms with Crippen LogP contribution in [0.4, 0.5) is 0 Å². The van der Waals surface area contributed by atoms with Gasteiger partial charge in [-0.2, -0.15) is 0 Å². The van der Waals surface area contributed by atoms with Gasteiger partial charge in [0.05, 0.1) is 13.7 Å². The van der Waals surface area contributed by atoms with E-state index in [-0.39, 0.29) is 0 Å². The van der Waals surface area contributed by atoms with Crippen LogP contribution in [0, 0.1) is 6.92 Å². The zero-order chi connectivity index (χ0) is 19.1. The molecule has 0 radical (unpaired) electrons. The topological polar surface area (TPSA) is 49.2 Å². The minimum atomic E-state index is 0.547. The number of para-hydroxylation sites is 2. The third-order valence-electron chi connectivity index (χ3n) is 3.98. The van der Waals surface area contributed by atoms with Gasteiger partial charge in [-0.05, 0) is 19.1 Å². The molecule has 0 aliphatic heterocycles. The smallest absolute Gasteiger partial charge is 0.191 e. The van der Waals surface area contributed by atoms with Crippen molar-refractivity contribution in [1.82, 2.24) is 14.8 Å². The molecule has 1 aromatic heterocycles. The van der Waals surface area contributed by atoms with E-state index in [0.29, 0.717) is 13.2 Å². The lowest BCUT2D eigenvalue weighted by molar-refractivity contribution is 0.313. The van der Waals surface area contributed by atoms with E-state index in [1.807, 2.05) is 30.3 Å². The number of hydrogen-bond donors (Lipinski definition) is 0. The summed E-state index contributed by atoms with van der Waals surface area (Å²) in [6, 6.07) is 15.9. The summed E-state index contributed by atoms with van der Waals surface area (Å²) in [4.78, 5) is 0. The zero-order valence-corrected chi connectivity index (χ0v) is 16.4. The molecule has 5 nitrogen and oxygen atoms in total. The third kappa shape index (κ3) is 4.71. The molecule has 0 bridgehead atoms. The van der Waals surface area contributed by atoms with E-state index in [1.165, 1.54) is 5.56 Å². The summed E-state index contributed by atoms with van der Waals surface area (Å²) >= 11 is 1.61. The van der Waals surface area contributed by atoms with Crippen LogP contribution < -0.4 is 9.47 Å². The van der Waals surface area contributed by atoms with Crippen molar-refractivity contribution in [3.8, 4) is 22.9 Å². The first kappa shape index (κ1) is 19.0. The molecule has 0 N–H and O–H groups in total. The van der Waals surface area contributed by atoms with Gasteiger partial charge in [0.15, 0.2) is 22.5 Å². The van der Waals surface area contributed by atoms with Crippen LogP contribution in [0.1, 0.15) is 5.56 Å².